The van der Waals surface area contributed by atoms with Crippen molar-refractivity contribution in [3.8, 4) is 5.75 Å². The zero-order chi connectivity index (χ0) is 22.0. The molecule has 0 atom stereocenters. The van der Waals surface area contributed by atoms with Crippen molar-refractivity contribution in [2.75, 3.05) is 5.32 Å². The molecule has 0 aromatic heterocycles. The number of rotatable bonds is 4. The summed E-state index contributed by atoms with van der Waals surface area (Å²) in [7, 11) is -3.80. The monoisotopic (exact) mass is 472 g/mol. The van der Waals surface area contributed by atoms with Crippen molar-refractivity contribution in [1.29, 1.82) is 0 Å². The van der Waals surface area contributed by atoms with Crippen molar-refractivity contribution in [1.82, 2.24) is 0 Å². The molecule has 156 valence electrons. The minimum Gasteiger partial charge on any atom is -0.421 e. The number of nitrogens with zero attached hydrogens (tertiary/aromatic N) is 1. The molecule has 0 unspecified atom stereocenters. The van der Waals surface area contributed by atoms with E-state index < -0.39 is 16.0 Å². The van der Waals surface area contributed by atoms with Crippen LogP contribution in [0, 0.1) is 0 Å². The molecule has 0 bridgehead atoms. The summed E-state index contributed by atoms with van der Waals surface area (Å²) in [6.07, 6.45) is 2.83. The van der Waals surface area contributed by atoms with E-state index in [-0.39, 0.29) is 16.5 Å². The fourth-order valence-corrected chi connectivity index (χ4v) is 4.48. The zero-order valence-electron chi connectivity index (χ0n) is 15.7. The largest absolute Gasteiger partial charge is 0.421 e. The predicted octanol–water partition coefficient (Wildman–Crippen LogP) is 5.17. The number of carbonyl (C=O) groups excluding carboxylic acids is 1. The Morgan fingerprint density at radius 3 is 2.55 bits per heavy atom. The number of ether oxygens (including phenoxy) is 1. The Kier molecular flexibility index (Phi) is 5.82. The van der Waals surface area contributed by atoms with Crippen LogP contribution in [-0.2, 0) is 14.8 Å². The van der Waals surface area contributed by atoms with Gasteiger partial charge in [-0.1, -0.05) is 47.5 Å². The number of nitrogens with one attached hydrogen (secondary N) is 1. The van der Waals surface area contributed by atoms with E-state index in [2.05, 4.69) is 9.71 Å². The van der Waals surface area contributed by atoms with Crippen LogP contribution < -0.4 is 10.1 Å². The van der Waals surface area contributed by atoms with Gasteiger partial charge in [-0.15, -0.1) is 4.40 Å². The van der Waals surface area contributed by atoms with Crippen molar-refractivity contribution in [3.63, 3.8) is 0 Å². The lowest BCUT2D eigenvalue weighted by Crippen LogP contribution is -2.13. The molecule has 1 heterocycles. The standard InChI is InChI=1S/C22H14Cl2N2O4S/c23-15-5-3-4-14(12-15)8-11-21(27)30-19-10-9-16(24)13-18(19)25-22-17-6-1-2-7-20(17)31(28,29)26-22/h1-13H,(H,25,26). The van der Waals surface area contributed by atoms with Crippen LogP contribution in [0.1, 0.15) is 11.1 Å². The summed E-state index contributed by atoms with van der Waals surface area (Å²) >= 11 is 12.0. The Balaban J connectivity index is 1.58. The molecule has 9 heteroatoms. The molecular formula is C22H14Cl2N2O4S. The number of esters is 1. The highest BCUT2D eigenvalue weighted by Crippen LogP contribution is 2.32. The molecule has 0 radical (unpaired) electrons. The van der Waals surface area contributed by atoms with Crippen LogP contribution in [0.3, 0.4) is 0 Å². The normalized spacial score (nSPS) is 14.2. The Morgan fingerprint density at radius 2 is 1.74 bits per heavy atom. The maximum Gasteiger partial charge on any atom is 0.336 e. The second kappa shape index (κ2) is 8.55. The molecule has 0 aliphatic carbocycles. The van der Waals surface area contributed by atoms with Crippen LogP contribution >= 0.6 is 23.2 Å². The van der Waals surface area contributed by atoms with Crippen LogP contribution in [0.4, 0.5) is 5.69 Å². The van der Waals surface area contributed by atoms with E-state index >= 15 is 0 Å². The smallest absolute Gasteiger partial charge is 0.336 e. The predicted molar refractivity (Wildman–Crippen MR) is 121 cm³/mol. The van der Waals surface area contributed by atoms with Gasteiger partial charge >= 0.3 is 5.97 Å². The summed E-state index contributed by atoms with van der Waals surface area (Å²) in [6, 6.07) is 18.0. The molecule has 31 heavy (non-hydrogen) atoms. The topological polar surface area (TPSA) is 84.8 Å². The third-order valence-corrected chi connectivity index (χ3v) is 6.10. The molecule has 0 saturated carbocycles. The van der Waals surface area contributed by atoms with Gasteiger partial charge in [0.2, 0.25) is 0 Å². The van der Waals surface area contributed by atoms with Crippen molar-refractivity contribution >= 4 is 56.8 Å². The van der Waals surface area contributed by atoms with Gasteiger partial charge in [-0.25, -0.2) is 4.79 Å². The second-order valence-corrected chi connectivity index (χ2v) is 8.93. The molecule has 4 rings (SSSR count). The van der Waals surface area contributed by atoms with Crippen LogP contribution in [0.2, 0.25) is 10.0 Å². The van der Waals surface area contributed by atoms with Gasteiger partial charge in [0, 0.05) is 21.7 Å². The lowest BCUT2D eigenvalue weighted by Gasteiger charge is -2.12. The minimum absolute atomic E-state index is 0.0996. The third kappa shape index (κ3) is 4.80. The van der Waals surface area contributed by atoms with Gasteiger partial charge < -0.3 is 10.1 Å². The number of anilines is 1. The maximum absolute atomic E-state index is 12.3. The van der Waals surface area contributed by atoms with Crippen molar-refractivity contribution in [2.24, 2.45) is 4.40 Å². The first kappa shape index (κ1) is 21.1. The van der Waals surface area contributed by atoms with E-state index in [4.69, 9.17) is 27.9 Å². The van der Waals surface area contributed by atoms with Crippen LogP contribution in [0.15, 0.2) is 82.1 Å². The molecule has 0 spiro atoms. The first-order chi connectivity index (χ1) is 14.8. The molecule has 0 saturated heterocycles. The van der Waals surface area contributed by atoms with Gasteiger partial charge in [0.15, 0.2) is 11.6 Å². The zero-order valence-corrected chi connectivity index (χ0v) is 18.1. The number of fused-ring (bicyclic) bond motifs is 1. The lowest BCUT2D eigenvalue weighted by atomic mass is 10.2. The molecular weight excluding hydrogens is 459 g/mol. The van der Waals surface area contributed by atoms with Crippen molar-refractivity contribution in [2.45, 2.75) is 4.90 Å². The van der Waals surface area contributed by atoms with Gasteiger partial charge in [0.1, 0.15) is 4.90 Å². The Labute approximate surface area is 188 Å². The number of benzene rings is 3. The first-order valence-electron chi connectivity index (χ1n) is 8.98. The van der Waals surface area contributed by atoms with Gasteiger partial charge in [-0.2, -0.15) is 8.42 Å². The van der Waals surface area contributed by atoms with Crippen LogP contribution in [-0.4, -0.2) is 20.2 Å². The first-order valence-corrected chi connectivity index (χ1v) is 11.2. The number of hydrogen-bond acceptors (Lipinski definition) is 5. The summed E-state index contributed by atoms with van der Waals surface area (Å²) in [5.74, 6) is -0.356. The van der Waals surface area contributed by atoms with E-state index in [1.165, 1.54) is 24.3 Å². The summed E-state index contributed by atoms with van der Waals surface area (Å²) < 4.78 is 33.7. The third-order valence-electron chi connectivity index (χ3n) is 4.30. The quantitative estimate of drug-likeness (QED) is 0.321. The van der Waals surface area contributed by atoms with E-state index in [0.29, 0.717) is 21.3 Å². The fourth-order valence-electron chi connectivity index (χ4n) is 2.93. The lowest BCUT2D eigenvalue weighted by molar-refractivity contribution is -0.128. The number of hydrogen-bond donors (Lipinski definition) is 1. The van der Waals surface area contributed by atoms with Gasteiger partial charge in [0.05, 0.1) is 5.69 Å². The number of carbonyl (C=O) groups is 1. The van der Waals surface area contributed by atoms with Gasteiger partial charge in [-0.05, 0) is 54.1 Å². The second-order valence-electron chi connectivity index (χ2n) is 6.49. The Bertz CT molecular complexity index is 1350. The van der Waals surface area contributed by atoms with Gasteiger partial charge in [-0.3, -0.25) is 0 Å². The Morgan fingerprint density at radius 1 is 0.968 bits per heavy atom. The SMILES string of the molecule is O=C(C=Cc1cccc(Cl)c1)Oc1ccc(Cl)cc1NC1=NS(=O)(=O)c2ccccc21. The van der Waals surface area contributed by atoms with E-state index in [9.17, 15) is 13.2 Å². The maximum atomic E-state index is 12.3. The number of amidine groups is 1. The number of halogens is 2. The molecule has 1 N–H and O–H groups in total. The highest BCUT2D eigenvalue weighted by molar-refractivity contribution is 7.90. The molecule has 1 aliphatic rings. The summed E-state index contributed by atoms with van der Waals surface area (Å²) in [5.41, 5.74) is 1.45. The van der Waals surface area contributed by atoms with E-state index in [0.717, 1.165) is 5.56 Å². The summed E-state index contributed by atoms with van der Waals surface area (Å²) in [4.78, 5) is 12.4. The van der Waals surface area contributed by atoms with Crippen molar-refractivity contribution < 1.29 is 17.9 Å². The average Bonchev–Trinajstić information content (AvgIpc) is 2.99. The fraction of sp³-hybridized carbons (Fsp3) is 0. The molecule has 0 amide bonds. The molecule has 1 aliphatic heterocycles. The van der Waals surface area contributed by atoms with Crippen LogP contribution in [0.5, 0.6) is 5.75 Å². The highest BCUT2D eigenvalue weighted by Gasteiger charge is 2.29. The molecule has 3 aromatic rings. The highest BCUT2D eigenvalue weighted by atomic mass is 35.5. The number of sulfonamides is 1. The van der Waals surface area contributed by atoms with E-state index in [1.54, 1.807) is 54.6 Å². The molecule has 3 aromatic carbocycles. The average molecular weight is 473 g/mol. The molecule has 0 fully saturated rings. The van der Waals surface area contributed by atoms with Gasteiger partial charge in [0.25, 0.3) is 10.0 Å². The molecule has 6 nitrogen and oxygen atoms in total. The van der Waals surface area contributed by atoms with Crippen molar-refractivity contribution in [3.05, 3.63) is 94.0 Å². The minimum atomic E-state index is -3.80. The van der Waals surface area contributed by atoms with Crippen LogP contribution in [0.25, 0.3) is 6.08 Å². The van der Waals surface area contributed by atoms with E-state index in [1.807, 2.05) is 0 Å². The Hall–Kier alpha value is -3.13. The summed E-state index contributed by atoms with van der Waals surface area (Å²) in [6.45, 7) is 0. The summed E-state index contributed by atoms with van der Waals surface area (Å²) in [5, 5.41) is 3.83.